The van der Waals surface area contributed by atoms with Crippen LogP contribution in [0.4, 0.5) is 4.79 Å². The average molecular weight is 391 g/mol. The van der Waals surface area contributed by atoms with E-state index in [1.54, 1.807) is 18.2 Å². The van der Waals surface area contributed by atoms with Crippen molar-refractivity contribution >= 4 is 17.8 Å². The molecule has 3 rings (SSSR count). The molecule has 9 heteroatoms. The van der Waals surface area contributed by atoms with Gasteiger partial charge in [0.2, 0.25) is 12.7 Å². The van der Waals surface area contributed by atoms with Crippen molar-refractivity contribution < 1.29 is 29.0 Å². The van der Waals surface area contributed by atoms with Gasteiger partial charge >= 0.3 is 6.03 Å². The second-order valence-corrected chi connectivity index (χ2v) is 7.39. The smallest absolute Gasteiger partial charge is 0.325 e. The minimum Gasteiger partial charge on any atom is -0.454 e. The number of ether oxygens (including phenoxy) is 2. The van der Waals surface area contributed by atoms with Crippen LogP contribution in [-0.2, 0) is 16.1 Å². The second-order valence-electron chi connectivity index (χ2n) is 7.39. The van der Waals surface area contributed by atoms with Gasteiger partial charge in [-0.2, -0.15) is 0 Å². The third kappa shape index (κ3) is 4.53. The fourth-order valence-corrected chi connectivity index (χ4v) is 3.31. The van der Waals surface area contributed by atoms with E-state index in [0.29, 0.717) is 23.8 Å². The van der Waals surface area contributed by atoms with Gasteiger partial charge in [-0.1, -0.05) is 19.9 Å². The maximum atomic E-state index is 12.6. The number of amides is 4. The first-order valence-electron chi connectivity index (χ1n) is 9.28. The van der Waals surface area contributed by atoms with Crippen LogP contribution in [0.5, 0.6) is 11.5 Å². The quantitative estimate of drug-likeness (QED) is 0.563. The van der Waals surface area contributed by atoms with Crippen LogP contribution >= 0.6 is 0 Å². The Morgan fingerprint density at radius 3 is 2.79 bits per heavy atom. The molecule has 0 spiro atoms. The molecule has 0 saturated carbocycles. The molecule has 1 saturated heterocycles. The number of fused-ring (bicyclic) bond motifs is 1. The van der Waals surface area contributed by atoms with Gasteiger partial charge in [0.05, 0.1) is 25.6 Å². The summed E-state index contributed by atoms with van der Waals surface area (Å²) >= 11 is 0. The SMILES string of the molecule is CC(C)CC(CO)NC(=O)CC1NC(=O)N(Cc2ccc3c(c2)OCO3)C1=O. The predicted molar refractivity (Wildman–Crippen MR) is 98.5 cm³/mol. The van der Waals surface area contributed by atoms with Crippen molar-refractivity contribution in [2.45, 2.75) is 45.3 Å². The molecule has 2 aliphatic heterocycles. The number of rotatable bonds is 8. The lowest BCUT2D eigenvalue weighted by Crippen LogP contribution is -2.42. The molecule has 0 aliphatic carbocycles. The summed E-state index contributed by atoms with van der Waals surface area (Å²) in [5, 5.41) is 14.6. The molecule has 3 N–H and O–H groups in total. The first kappa shape index (κ1) is 19.9. The van der Waals surface area contributed by atoms with Crippen LogP contribution in [0.2, 0.25) is 0 Å². The lowest BCUT2D eigenvalue weighted by atomic mass is 10.0. The van der Waals surface area contributed by atoms with Gasteiger partial charge in [-0.05, 0) is 30.0 Å². The number of urea groups is 1. The third-order valence-corrected chi connectivity index (χ3v) is 4.62. The van der Waals surface area contributed by atoms with E-state index in [1.165, 1.54) is 0 Å². The summed E-state index contributed by atoms with van der Waals surface area (Å²) in [6.07, 6.45) is 0.459. The maximum absolute atomic E-state index is 12.6. The molecule has 28 heavy (non-hydrogen) atoms. The van der Waals surface area contributed by atoms with Gasteiger partial charge in [-0.25, -0.2) is 4.79 Å². The minimum absolute atomic E-state index is 0.0754. The van der Waals surface area contributed by atoms with Gasteiger partial charge in [0, 0.05) is 0 Å². The molecule has 1 aromatic carbocycles. The Balaban J connectivity index is 1.58. The van der Waals surface area contributed by atoms with Gasteiger partial charge in [-0.15, -0.1) is 0 Å². The summed E-state index contributed by atoms with van der Waals surface area (Å²) in [5.74, 6) is 0.656. The van der Waals surface area contributed by atoms with E-state index in [4.69, 9.17) is 9.47 Å². The van der Waals surface area contributed by atoms with Gasteiger partial charge in [0.25, 0.3) is 5.91 Å². The number of carbonyl (C=O) groups excluding carboxylic acids is 3. The monoisotopic (exact) mass is 391 g/mol. The highest BCUT2D eigenvalue weighted by Gasteiger charge is 2.39. The van der Waals surface area contributed by atoms with Crippen LogP contribution in [0.3, 0.4) is 0 Å². The van der Waals surface area contributed by atoms with Crippen molar-refractivity contribution in [3.05, 3.63) is 23.8 Å². The molecule has 2 aliphatic rings. The summed E-state index contributed by atoms with van der Waals surface area (Å²) in [6, 6.07) is 3.38. The van der Waals surface area contributed by atoms with Crippen molar-refractivity contribution in [1.82, 2.24) is 15.5 Å². The number of aliphatic hydroxyl groups excluding tert-OH is 1. The maximum Gasteiger partial charge on any atom is 0.325 e. The lowest BCUT2D eigenvalue weighted by molar-refractivity contribution is -0.131. The fraction of sp³-hybridized carbons (Fsp3) is 0.526. The highest BCUT2D eigenvalue weighted by molar-refractivity contribution is 6.05. The molecule has 9 nitrogen and oxygen atoms in total. The minimum atomic E-state index is -0.917. The first-order chi connectivity index (χ1) is 13.4. The second kappa shape index (κ2) is 8.47. The highest BCUT2D eigenvalue weighted by Crippen LogP contribution is 2.33. The molecule has 0 aromatic heterocycles. The average Bonchev–Trinajstić information content (AvgIpc) is 3.20. The lowest BCUT2D eigenvalue weighted by Gasteiger charge is -2.19. The number of nitrogens with one attached hydrogen (secondary N) is 2. The number of hydrogen-bond acceptors (Lipinski definition) is 6. The first-order valence-corrected chi connectivity index (χ1v) is 9.28. The summed E-state index contributed by atoms with van der Waals surface area (Å²) < 4.78 is 10.6. The van der Waals surface area contributed by atoms with Gasteiger partial charge in [0.15, 0.2) is 11.5 Å². The van der Waals surface area contributed by atoms with Crippen molar-refractivity contribution in [3.63, 3.8) is 0 Å². The molecule has 0 radical (unpaired) electrons. The number of nitrogens with zero attached hydrogens (tertiary/aromatic N) is 1. The van der Waals surface area contributed by atoms with E-state index in [9.17, 15) is 19.5 Å². The number of aliphatic hydroxyl groups is 1. The zero-order valence-corrected chi connectivity index (χ0v) is 15.9. The normalized spacial score (nSPS) is 19.1. The number of hydrogen-bond donors (Lipinski definition) is 3. The Kier molecular flexibility index (Phi) is 6.03. The predicted octanol–water partition coefficient (Wildman–Crippen LogP) is 0.749. The third-order valence-electron chi connectivity index (χ3n) is 4.62. The van der Waals surface area contributed by atoms with E-state index < -0.39 is 18.0 Å². The molecule has 0 bridgehead atoms. The van der Waals surface area contributed by atoms with Crippen molar-refractivity contribution in [3.8, 4) is 11.5 Å². The van der Waals surface area contributed by atoms with E-state index in [2.05, 4.69) is 10.6 Å². The van der Waals surface area contributed by atoms with Crippen LogP contribution in [-0.4, -0.2) is 53.3 Å². The zero-order valence-electron chi connectivity index (χ0n) is 15.9. The van der Waals surface area contributed by atoms with Crippen LogP contribution in [0.25, 0.3) is 0 Å². The summed E-state index contributed by atoms with van der Waals surface area (Å²) in [6.45, 7) is 4.02. The molecular weight excluding hydrogens is 366 g/mol. The topological polar surface area (TPSA) is 117 Å². The summed E-state index contributed by atoms with van der Waals surface area (Å²) in [5.41, 5.74) is 0.718. The molecule has 1 aromatic rings. The number of benzene rings is 1. The van der Waals surface area contributed by atoms with Crippen molar-refractivity contribution in [1.29, 1.82) is 0 Å². The Hall–Kier alpha value is -2.81. The van der Waals surface area contributed by atoms with Crippen LogP contribution in [0, 0.1) is 5.92 Å². The van der Waals surface area contributed by atoms with Gasteiger partial charge in [0.1, 0.15) is 6.04 Å². The zero-order chi connectivity index (χ0) is 20.3. The Bertz CT molecular complexity index is 766. The molecule has 2 atom stereocenters. The van der Waals surface area contributed by atoms with Crippen LogP contribution in [0.1, 0.15) is 32.3 Å². The van der Waals surface area contributed by atoms with Crippen molar-refractivity contribution in [2.75, 3.05) is 13.4 Å². The molecule has 4 amide bonds. The molecular formula is C19H25N3O6. The Morgan fingerprint density at radius 2 is 2.07 bits per heavy atom. The molecule has 1 fully saturated rings. The van der Waals surface area contributed by atoms with Crippen molar-refractivity contribution in [2.24, 2.45) is 5.92 Å². The standard InChI is InChI=1S/C19H25N3O6/c1-11(2)5-13(9-23)20-17(24)7-14-18(25)22(19(26)21-14)8-12-3-4-15-16(6-12)28-10-27-15/h3-4,6,11,13-14,23H,5,7-10H2,1-2H3,(H,20,24)(H,21,26). The Labute approximate surface area is 163 Å². The Morgan fingerprint density at radius 1 is 1.32 bits per heavy atom. The molecule has 152 valence electrons. The van der Waals surface area contributed by atoms with Gasteiger partial charge < -0.3 is 25.2 Å². The number of carbonyl (C=O) groups is 3. The van der Waals surface area contributed by atoms with Crippen LogP contribution in [0.15, 0.2) is 18.2 Å². The summed E-state index contributed by atoms with van der Waals surface area (Å²) in [4.78, 5) is 38.1. The largest absolute Gasteiger partial charge is 0.454 e. The van der Waals surface area contributed by atoms with E-state index >= 15 is 0 Å². The fourth-order valence-electron chi connectivity index (χ4n) is 3.31. The van der Waals surface area contributed by atoms with Crippen LogP contribution < -0.4 is 20.1 Å². The molecule has 2 unspecified atom stereocenters. The van der Waals surface area contributed by atoms with E-state index in [-0.39, 0.29) is 38.3 Å². The van der Waals surface area contributed by atoms with E-state index in [0.717, 1.165) is 10.5 Å². The van der Waals surface area contributed by atoms with Gasteiger partial charge in [-0.3, -0.25) is 14.5 Å². The highest BCUT2D eigenvalue weighted by atomic mass is 16.7. The number of imide groups is 1. The summed E-state index contributed by atoms with van der Waals surface area (Å²) in [7, 11) is 0. The van der Waals surface area contributed by atoms with E-state index in [1.807, 2.05) is 13.8 Å². The molecule has 2 heterocycles.